The third-order valence-electron chi connectivity index (χ3n) is 4.86. The number of nitrogens with zero attached hydrogens (tertiary/aromatic N) is 5. The Labute approximate surface area is 184 Å². The number of benzene rings is 2. The topological polar surface area (TPSA) is 60.0 Å². The Morgan fingerprint density at radius 2 is 1.80 bits per heavy atom. The highest BCUT2D eigenvalue weighted by atomic mass is 35.5. The van der Waals surface area contributed by atoms with E-state index >= 15 is 0 Å². The summed E-state index contributed by atoms with van der Waals surface area (Å²) in [4.78, 5) is 2.11. The summed E-state index contributed by atoms with van der Waals surface area (Å²) in [6.07, 6.45) is 0. The summed E-state index contributed by atoms with van der Waals surface area (Å²) in [5.41, 5.74) is 2.83. The molecule has 0 aliphatic carbocycles. The van der Waals surface area contributed by atoms with E-state index in [0.717, 1.165) is 33.7 Å². The zero-order chi connectivity index (χ0) is 21.1. The van der Waals surface area contributed by atoms with Crippen LogP contribution in [0.1, 0.15) is 24.5 Å². The first-order chi connectivity index (χ1) is 14.5. The van der Waals surface area contributed by atoms with E-state index in [1.807, 2.05) is 74.8 Å². The molecule has 0 N–H and O–H groups in total. The molecule has 0 aliphatic rings. The summed E-state index contributed by atoms with van der Waals surface area (Å²) < 4.78 is 7.59. The Kier molecular flexibility index (Phi) is 6.22. The molecule has 2 aromatic heterocycles. The first-order valence-corrected chi connectivity index (χ1v) is 10.9. The molecule has 0 fully saturated rings. The van der Waals surface area contributed by atoms with E-state index in [1.165, 1.54) is 0 Å². The molecule has 154 valence electrons. The summed E-state index contributed by atoms with van der Waals surface area (Å²) in [6.45, 7) is 2.11. The highest BCUT2D eigenvalue weighted by molar-refractivity contribution is 7.98. The summed E-state index contributed by atoms with van der Waals surface area (Å²) in [5.74, 6) is 2.25. The third-order valence-corrected chi connectivity index (χ3v) is 6.07. The molecular weight excluding hydrogens is 418 g/mol. The van der Waals surface area contributed by atoms with Gasteiger partial charge in [0.2, 0.25) is 0 Å². The van der Waals surface area contributed by atoms with Gasteiger partial charge in [-0.15, -0.1) is 10.2 Å². The van der Waals surface area contributed by atoms with Crippen molar-refractivity contribution in [2.45, 2.75) is 23.9 Å². The highest BCUT2D eigenvalue weighted by Crippen LogP contribution is 2.30. The highest BCUT2D eigenvalue weighted by Gasteiger charge is 2.21. The number of hydrogen-bond acceptors (Lipinski definition) is 6. The van der Waals surface area contributed by atoms with E-state index in [9.17, 15) is 0 Å². The molecule has 1 atom stereocenters. The van der Waals surface area contributed by atoms with Crippen LogP contribution in [0.5, 0.6) is 0 Å². The van der Waals surface area contributed by atoms with Gasteiger partial charge in [0.1, 0.15) is 0 Å². The molecule has 0 radical (unpaired) electrons. The number of aromatic nitrogens is 4. The number of rotatable bonds is 7. The number of thioether (sulfide) groups is 1. The number of halogens is 1. The van der Waals surface area contributed by atoms with Crippen LogP contribution < -0.4 is 0 Å². The minimum absolute atomic E-state index is 0.0965. The van der Waals surface area contributed by atoms with Crippen LogP contribution in [0, 0.1) is 0 Å². The van der Waals surface area contributed by atoms with Gasteiger partial charge in [0.15, 0.2) is 16.7 Å². The SMILES string of the molecule is C[C@@H](c1nnc(SCc2cc(-c3ccccc3)on2)n1-c1ccc(Cl)cc1)N(C)C. The lowest BCUT2D eigenvalue weighted by atomic mass is 10.2. The maximum Gasteiger partial charge on any atom is 0.196 e. The zero-order valence-electron chi connectivity index (χ0n) is 17.0. The first-order valence-electron chi connectivity index (χ1n) is 9.54. The molecule has 2 aromatic carbocycles. The van der Waals surface area contributed by atoms with Gasteiger partial charge in [-0.05, 0) is 45.3 Å². The van der Waals surface area contributed by atoms with E-state index in [1.54, 1.807) is 11.8 Å². The predicted molar refractivity (Wildman–Crippen MR) is 120 cm³/mol. The van der Waals surface area contributed by atoms with Gasteiger partial charge in [0.25, 0.3) is 0 Å². The van der Waals surface area contributed by atoms with Crippen LogP contribution in [0.15, 0.2) is 70.3 Å². The maximum absolute atomic E-state index is 6.09. The van der Waals surface area contributed by atoms with E-state index in [0.29, 0.717) is 10.8 Å². The van der Waals surface area contributed by atoms with E-state index in [2.05, 4.69) is 31.7 Å². The van der Waals surface area contributed by atoms with Gasteiger partial charge in [0.05, 0.1) is 11.7 Å². The molecule has 0 bridgehead atoms. The van der Waals surface area contributed by atoms with Crippen molar-refractivity contribution in [3.8, 4) is 17.0 Å². The van der Waals surface area contributed by atoms with Gasteiger partial charge < -0.3 is 4.52 Å². The molecule has 4 aromatic rings. The third kappa shape index (κ3) is 4.43. The van der Waals surface area contributed by atoms with Crippen LogP contribution in [-0.2, 0) is 5.75 Å². The smallest absolute Gasteiger partial charge is 0.196 e. The Balaban J connectivity index is 1.60. The van der Waals surface area contributed by atoms with Gasteiger partial charge in [-0.1, -0.05) is 58.9 Å². The molecule has 0 unspecified atom stereocenters. The Morgan fingerprint density at radius 1 is 1.07 bits per heavy atom. The van der Waals surface area contributed by atoms with Crippen molar-refractivity contribution in [2.75, 3.05) is 14.1 Å². The second-order valence-corrected chi connectivity index (χ2v) is 8.51. The van der Waals surface area contributed by atoms with Gasteiger partial charge in [-0.3, -0.25) is 9.47 Å². The fourth-order valence-electron chi connectivity index (χ4n) is 2.97. The first kappa shape index (κ1) is 20.7. The predicted octanol–water partition coefficient (Wildman–Crippen LogP) is 5.49. The summed E-state index contributed by atoms with van der Waals surface area (Å²) in [5, 5.41) is 14.6. The van der Waals surface area contributed by atoms with E-state index in [-0.39, 0.29) is 6.04 Å². The van der Waals surface area contributed by atoms with Crippen molar-refractivity contribution in [3.63, 3.8) is 0 Å². The summed E-state index contributed by atoms with van der Waals surface area (Å²) in [6, 6.07) is 19.7. The molecule has 4 rings (SSSR count). The molecule has 0 spiro atoms. The second-order valence-electron chi connectivity index (χ2n) is 7.13. The van der Waals surface area contributed by atoms with Gasteiger partial charge >= 0.3 is 0 Å². The minimum Gasteiger partial charge on any atom is -0.356 e. The molecule has 8 heteroatoms. The average Bonchev–Trinajstić information content (AvgIpc) is 3.40. The van der Waals surface area contributed by atoms with E-state index < -0.39 is 0 Å². The van der Waals surface area contributed by atoms with Crippen LogP contribution in [-0.4, -0.2) is 38.9 Å². The molecule has 0 saturated carbocycles. The minimum atomic E-state index is 0.0965. The molecule has 0 amide bonds. The van der Waals surface area contributed by atoms with Crippen LogP contribution in [0.4, 0.5) is 0 Å². The van der Waals surface area contributed by atoms with Crippen LogP contribution in [0.25, 0.3) is 17.0 Å². The van der Waals surface area contributed by atoms with Crippen molar-refractivity contribution in [2.24, 2.45) is 0 Å². The fraction of sp³-hybridized carbons (Fsp3) is 0.227. The molecule has 6 nitrogen and oxygen atoms in total. The van der Waals surface area contributed by atoms with Crippen molar-refractivity contribution in [1.82, 2.24) is 24.8 Å². The van der Waals surface area contributed by atoms with Crippen molar-refractivity contribution < 1.29 is 4.52 Å². The fourth-order valence-corrected chi connectivity index (χ4v) is 3.93. The Bertz CT molecular complexity index is 1110. The number of hydrogen-bond donors (Lipinski definition) is 0. The molecule has 0 aliphatic heterocycles. The summed E-state index contributed by atoms with van der Waals surface area (Å²) >= 11 is 7.66. The van der Waals surface area contributed by atoms with Crippen molar-refractivity contribution >= 4 is 23.4 Å². The monoisotopic (exact) mass is 439 g/mol. The van der Waals surface area contributed by atoms with Crippen LogP contribution in [0.3, 0.4) is 0 Å². The lowest BCUT2D eigenvalue weighted by molar-refractivity contribution is 0.305. The quantitative estimate of drug-likeness (QED) is 0.355. The van der Waals surface area contributed by atoms with Crippen LogP contribution in [0.2, 0.25) is 5.02 Å². The standard InChI is InChI=1S/C22H22ClN5OS/c1-15(27(2)3)21-24-25-22(28(21)19-11-9-17(23)10-12-19)30-14-18-13-20(29-26-18)16-7-5-4-6-8-16/h4-13,15H,14H2,1-3H3/t15-/m0/s1. The normalized spacial score (nSPS) is 12.4. The van der Waals surface area contributed by atoms with Gasteiger partial charge in [-0.2, -0.15) is 0 Å². The average molecular weight is 440 g/mol. The zero-order valence-corrected chi connectivity index (χ0v) is 18.6. The second kappa shape index (κ2) is 9.04. The molecule has 2 heterocycles. The molecular formula is C22H22ClN5OS. The molecule has 0 saturated heterocycles. The van der Waals surface area contributed by atoms with Crippen molar-refractivity contribution in [1.29, 1.82) is 0 Å². The van der Waals surface area contributed by atoms with Crippen molar-refractivity contribution in [3.05, 3.63) is 77.2 Å². The Hall–Kier alpha value is -2.61. The molecule has 30 heavy (non-hydrogen) atoms. The largest absolute Gasteiger partial charge is 0.356 e. The van der Waals surface area contributed by atoms with Crippen LogP contribution >= 0.6 is 23.4 Å². The van der Waals surface area contributed by atoms with Gasteiger partial charge in [0, 0.05) is 28.1 Å². The summed E-state index contributed by atoms with van der Waals surface area (Å²) in [7, 11) is 4.05. The van der Waals surface area contributed by atoms with Gasteiger partial charge in [-0.25, -0.2) is 0 Å². The Morgan fingerprint density at radius 3 is 2.50 bits per heavy atom. The maximum atomic E-state index is 6.09. The lowest BCUT2D eigenvalue weighted by Crippen LogP contribution is -2.20. The lowest BCUT2D eigenvalue weighted by Gasteiger charge is -2.20. The van der Waals surface area contributed by atoms with E-state index in [4.69, 9.17) is 16.1 Å².